The van der Waals surface area contributed by atoms with Gasteiger partial charge >= 0.3 is 0 Å². The van der Waals surface area contributed by atoms with Crippen molar-refractivity contribution >= 4 is 0 Å². The van der Waals surface area contributed by atoms with E-state index in [9.17, 15) is 0 Å². The van der Waals surface area contributed by atoms with E-state index in [0.717, 1.165) is 17.8 Å². The maximum Gasteiger partial charge on any atom is 0.285 e. The molecule has 0 fully saturated rings. The van der Waals surface area contributed by atoms with Crippen LogP contribution in [0.3, 0.4) is 0 Å². The lowest BCUT2D eigenvalue weighted by Gasteiger charge is -2.10. The number of allylic oxidation sites excluding steroid dienone is 1. The number of hydrogen-bond acceptors (Lipinski definition) is 0. The van der Waals surface area contributed by atoms with Gasteiger partial charge in [0.05, 0.1) is 20.5 Å². The van der Waals surface area contributed by atoms with E-state index >= 15 is 0 Å². The van der Waals surface area contributed by atoms with Crippen LogP contribution in [-0.2, 0) is 6.42 Å². The lowest BCUT2D eigenvalue weighted by molar-refractivity contribution is -1.29. The van der Waals surface area contributed by atoms with Gasteiger partial charge in [-0.1, -0.05) is 72.8 Å². The molecule has 0 amide bonds. The van der Waals surface area contributed by atoms with Crippen LogP contribution in [0.5, 0.6) is 0 Å². The maximum absolute atomic E-state index is 4.00. The predicted octanol–water partition coefficient (Wildman–Crippen LogP) is 6.92. The van der Waals surface area contributed by atoms with Gasteiger partial charge in [-0.05, 0) is 60.7 Å². The maximum atomic E-state index is 4.00. The Morgan fingerprint density at radius 3 is 2.09 bits per heavy atom. The first-order chi connectivity index (χ1) is 17.2. The SMILES string of the molecule is C=CCc1ccccc1-c1cc(-c2ccccc2)c(C)c[n+]1-[n+]1ccccc1-c1ccccc1C. The molecule has 3 aromatic carbocycles. The minimum atomic E-state index is 0.814. The zero-order valence-electron chi connectivity index (χ0n) is 20.4. The first kappa shape index (κ1) is 22.5. The third-order valence-corrected chi connectivity index (χ3v) is 6.50. The van der Waals surface area contributed by atoms with Crippen LogP contribution in [0.25, 0.3) is 33.6 Å². The number of pyridine rings is 2. The lowest BCUT2D eigenvalue weighted by Crippen LogP contribution is -2.68. The second-order valence-electron chi connectivity index (χ2n) is 8.86. The molecule has 0 bridgehead atoms. The standard InChI is InChI=1S/C33H30N2/c1-4-14-27-18-9-11-20-30(27)33-23-31(28-16-6-5-7-17-28)26(3)24-35(33)34-22-13-12-21-32(34)29-19-10-8-15-25(29)2/h4-13,15-24H,1,14H2,2-3H3/q+2. The molecular formula is C33H30N2+2. The van der Waals surface area contributed by atoms with Gasteiger partial charge in [0.25, 0.3) is 11.4 Å². The minimum absolute atomic E-state index is 0.814. The summed E-state index contributed by atoms with van der Waals surface area (Å²) in [7, 11) is 0. The number of nitrogens with zero attached hydrogens (tertiary/aromatic N) is 2. The van der Waals surface area contributed by atoms with Crippen molar-refractivity contribution in [3.8, 4) is 33.6 Å². The van der Waals surface area contributed by atoms with Gasteiger partial charge in [0, 0.05) is 23.8 Å². The van der Waals surface area contributed by atoms with Gasteiger partial charge in [-0.2, -0.15) is 0 Å². The molecule has 0 aliphatic heterocycles. The summed E-state index contributed by atoms with van der Waals surface area (Å²) in [5.74, 6) is 0. The Labute approximate surface area is 208 Å². The number of rotatable bonds is 6. The van der Waals surface area contributed by atoms with Gasteiger partial charge in [-0.25, -0.2) is 0 Å². The Hall–Kier alpha value is -4.30. The molecule has 2 nitrogen and oxygen atoms in total. The molecule has 0 spiro atoms. The first-order valence-electron chi connectivity index (χ1n) is 12.1. The second kappa shape index (κ2) is 9.90. The molecule has 0 N–H and O–H groups in total. The Balaban J connectivity index is 1.83. The van der Waals surface area contributed by atoms with Crippen LogP contribution in [0.4, 0.5) is 0 Å². The van der Waals surface area contributed by atoms with E-state index in [1.165, 1.54) is 38.9 Å². The van der Waals surface area contributed by atoms with Gasteiger partial charge in [0.1, 0.15) is 0 Å². The van der Waals surface area contributed by atoms with Crippen LogP contribution >= 0.6 is 0 Å². The molecule has 2 heterocycles. The topological polar surface area (TPSA) is 7.76 Å². The Morgan fingerprint density at radius 2 is 1.31 bits per heavy atom. The summed E-state index contributed by atoms with van der Waals surface area (Å²) in [6.45, 7) is 8.36. The molecule has 5 rings (SSSR count). The monoisotopic (exact) mass is 454 g/mol. The third-order valence-electron chi connectivity index (χ3n) is 6.50. The third kappa shape index (κ3) is 4.43. The highest BCUT2D eigenvalue weighted by Crippen LogP contribution is 2.29. The van der Waals surface area contributed by atoms with E-state index in [4.69, 9.17) is 0 Å². The van der Waals surface area contributed by atoms with Crippen LogP contribution in [0.15, 0.2) is 128 Å². The van der Waals surface area contributed by atoms with Crippen molar-refractivity contribution in [3.05, 3.63) is 145 Å². The Morgan fingerprint density at radius 1 is 0.629 bits per heavy atom. The largest absolute Gasteiger partial charge is 0.285 e. The van der Waals surface area contributed by atoms with Gasteiger partial charge in [0.2, 0.25) is 12.4 Å². The van der Waals surface area contributed by atoms with Crippen LogP contribution in [0.2, 0.25) is 0 Å². The highest BCUT2D eigenvalue weighted by Gasteiger charge is 2.30. The molecule has 0 aliphatic rings. The van der Waals surface area contributed by atoms with Crippen molar-refractivity contribution in [3.63, 3.8) is 0 Å². The van der Waals surface area contributed by atoms with E-state index in [0.29, 0.717) is 0 Å². The van der Waals surface area contributed by atoms with Gasteiger partial charge < -0.3 is 0 Å². The van der Waals surface area contributed by atoms with E-state index in [-0.39, 0.29) is 0 Å². The quantitative estimate of drug-likeness (QED) is 0.194. The number of benzene rings is 3. The average molecular weight is 455 g/mol. The second-order valence-corrected chi connectivity index (χ2v) is 8.86. The molecule has 35 heavy (non-hydrogen) atoms. The van der Waals surface area contributed by atoms with Crippen LogP contribution in [-0.4, -0.2) is 0 Å². The highest BCUT2D eigenvalue weighted by molar-refractivity contribution is 5.72. The summed E-state index contributed by atoms with van der Waals surface area (Å²) >= 11 is 0. The molecule has 0 unspecified atom stereocenters. The normalized spacial score (nSPS) is 10.8. The van der Waals surface area contributed by atoms with E-state index in [1.54, 1.807) is 0 Å². The molecule has 5 aromatic rings. The molecule has 0 saturated heterocycles. The van der Waals surface area contributed by atoms with Crippen LogP contribution < -0.4 is 9.35 Å². The summed E-state index contributed by atoms with van der Waals surface area (Å²) in [5, 5.41) is 0. The van der Waals surface area contributed by atoms with Crippen molar-refractivity contribution in [1.82, 2.24) is 0 Å². The zero-order chi connectivity index (χ0) is 24.2. The predicted molar refractivity (Wildman–Crippen MR) is 144 cm³/mol. The summed E-state index contributed by atoms with van der Waals surface area (Å²) in [4.78, 5) is 0. The Bertz CT molecular complexity index is 1500. The molecule has 0 saturated carbocycles. The summed E-state index contributed by atoms with van der Waals surface area (Å²) in [6.07, 6.45) is 7.19. The van der Waals surface area contributed by atoms with Crippen molar-refractivity contribution < 1.29 is 9.35 Å². The van der Waals surface area contributed by atoms with Gasteiger partial charge in [0.15, 0.2) is 0 Å². The van der Waals surface area contributed by atoms with Crippen molar-refractivity contribution in [2.75, 3.05) is 0 Å². The van der Waals surface area contributed by atoms with Gasteiger partial charge in [-0.3, -0.25) is 0 Å². The molecule has 0 aliphatic carbocycles. The lowest BCUT2D eigenvalue weighted by atomic mass is 9.96. The fourth-order valence-corrected chi connectivity index (χ4v) is 4.75. The molecular weight excluding hydrogens is 424 g/mol. The number of aryl methyl sites for hydroxylation is 2. The van der Waals surface area contributed by atoms with Crippen LogP contribution in [0.1, 0.15) is 16.7 Å². The van der Waals surface area contributed by atoms with E-state index in [2.05, 4.69) is 145 Å². The fourth-order valence-electron chi connectivity index (χ4n) is 4.75. The summed E-state index contributed by atoms with van der Waals surface area (Å²) in [6, 6.07) is 36.5. The smallest absolute Gasteiger partial charge is 0.103 e. The summed E-state index contributed by atoms with van der Waals surface area (Å²) < 4.78 is 4.54. The number of hydrogen-bond donors (Lipinski definition) is 0. The first-order valence-corrected chi connectivity index (χ1v) is 12.1. The van der Waals surface area contributed by atoms with Crippen molar-refractivity contribution in [2.45, 2.75) is 20.3 Å². The summed E-state index contributed by atoms with van der Waals surface area (Å²) in [5.41, 5.74) is 10.9. The number of aromatic nitrogens is 2. The average Bonchev–Trinajstić information content (AvgIpc) is 2.90. The van der Waals surface area contributed by atoms with Crippen molar-refractivity contribution in [2.24, 2.45) is 0 Å². The molecule has 0 atom stereocenters. The zero-order valence-corrected chi connectivity index (χ0v) is 20.4. The Kier molecular flexibility index (Phi) is 6.36. The molecule has 2 aromatic heterocycles. The molecule has 0 radical (unpaired) electrons. The van der Waals surface area contributed by atoms with E-state index in [1.807, 2.05) is 6.08 Å². The minimum Gasteiger partial charge on any atom is -0.103 e. The highest BCUT2D eigenvalue weighted by atomic mass is 15.4. The fraction of sp³-hybridized carbons (Fsp3) is 0.0909. The van der Waals surface area contributed by atoms with Crippen molar-refractivity contribution in [1.29, 1.82) is 0 Å². The van der Waals surface area contributed by atoms with Crippen LogP contribution in [0, 0.1) is 13.8 Å². The van der Waals surface area contributed by atoms with Gasteiger partial charge in [-0.15, -0.1) is 6.58 Å². The van der Waals surface area contributed by atoms with E-state index < -0.39 is 0 Å². The molecule has 170 valence electrons. The molecule has 2 heteroatoms.